The molecule has 0 radical (unpaired) electrons. The highest BCUT2D eigenvalue weighted by Crippen LogP contribution is 2.07. The molecule has 0 spiro atoms. The summed E-state index contributed by atoms with van der Waals surface area (Å²) in [6, 6.07) is 2.36. The lowest BCUT2D eigenvalue weighted by atomic mass is 10.3. The highest BCUT2D eigenvalue weighted by atomic mass is 14.7. The highest BCUT2D eigenvalue weighted by Gasteiger charge is 1.87. The lowest BCUT2D eigenvalue weighted by molar-refractivity contribution is 1.36. The molecular formula is C7H6N2. The second-order valence-corrected chi connectivity index (χ2v) is 1.85. The molecule has 44 valence electrons. The lowest BCUT2D eigenvalue weighted by Gasteiger charge is -1.82. The van der Waals surface area contributed by atoms with E-state index in [9.17, 15) is 0 Å². The average Bonchev–Trinajstić information content (AvgIpc) is 2.34. The summed E-state index contributed by atoms with van der Waals surface area (Å²) in [5.74, 6) is 0. The highest BCUT2D eigenvalue weighted by molar-refractivity contribution is 5.77. The monoisotopic (exact) mass is 119 g/mol. The number of aromatic nitrogens is 2. The van der Waals surface area contributed by atoms with Crippen molar-refractivity contribution in [1.29, 1.82) is 0 Å². The minimum atomic E-state index is 0.503. The van der Waals surface area contributed by atoms with E-state index in [0.29, 0.717) is 6.04 Å². The first-order valence-electron chi connectivity index (χ1n) is 3.25. The molecule has 0 aliphatic carbocycles. The third kappa shape index (κ3) is 0.598. The van der Waals surface area contributed by atoms with E-state index in [-0.39, 0.29) is 0 Å². The smallest absolute Gasteiger partial charge is 0.0646 e. The van der Waals surface area contributed by atoms with E-state index in [1.165, 1.54) is 0 Å². The Labute approximate surface area is 53.9 Å². The lowest BCUT2D eigenvalue weighted by Crippen LogP contribution is -1.67. The Kier molecular flexibility index (Phi) is 0.646. The van der Waals surface area contributed by atoms with Crippen LogP contribution in [0, 0.1) is 0 Å². The fraction of sp³-hybridized carbons (Fsp3) is 0. The molecule has 0 unspecified atom stereocenters. The fourth-order valence-electron chi connectivity index (χ4n) is 0.827. The summed E-state index contributed by atoms with van der Waals surface area (Å²) >= 11 is 0. The molecule has 0 atom stereocenters. The number of hydrogen-bond donors (Lipinski definition) is 1. The van der Waals surface area contributed by atoms with Crippen molar-refractivity contribution in [3.63, 3.8) is 0 Å². The number of pyridine rings is 1. The summed E-state index contributed by atoms with van der Waals surface area (Å²) in [4.78, 5) is 6.87. The van der Waals surface area contributed by atoms with Crippen molar-refractivity contribution in [2.24, 2.45) is 0 Å². The number of nitrogens with one attached hydrogen (secondary N) is 1. The van der Waals surface area contributed by atoms with Gasteiger partial charge in [-0.15, -0.1) is 0 Å². The van der Waals surface area contributed by atoms with Gasteiger partial charge < -0.3 is 4.98 Å². The third-order valence-corrected chi connectivity index (χ3v) is 1.28. The van der Waals surface area contributed by atoms with E-state index < -0.39 is 0 Å². The topological polar surface area (TPSA) is 28.7 Å². The standard InChI is InChI=1S/C7H6N2/c1-4-9-7-2-3-8-5-6(1)7/h1-5,9H/i1D. The molecule has 2 heteroatoms. The van der Waals surface area contributed by atoms with Crippen LogP contribution in [0.3, 0.4) is 0 Å². The van der Waals surface area contributed by atoms with Gasteiger partial charge in [0.15, 0.2) is 0 Å². The van der Waals surface area contributed by atoms with Crippen molar-refractivity contribution in [2.45, 2.75) is 0 Å². The predicted molar refractivity (Wildman–Crippen MR) is 36.1 cm³/mol. The summed E-state index contributed by atoms with van der Waals surface area (Å²) in [7, 11) is 0. The van der Waals surface area contributed by atoms with E-state index in [1.807, 2.05) is 6.07 Å². The van der Waals surface area contributed by atoms with Crippen molar-refractivity contribution in [3.8, 4) is 0 Å². The minimum absolute atomic E-state index is 0.503. The molecule has 2 aromatic rings. The normalized spacial score (nSPS) is 11.8. The molecule has 9 heavy (non-hydrogen) atoms. The Hall–Kier alpha value is -1.31. The summed E-state index contributed by atoms with van der Waals surface area (Å²) in [6.07, 6.45) is 5.05. The predicted octanol–water partition coefficient (Wildman–Crippen LogP) is 1.56. The Morgan fingerprint density at radius 1 is 1.67 bits per heavy atom. The first-order chi connectivity index (χ1) is 4.88. The van der Waals surface area contributed by atoms with E-state index in [0.717, 1.165) is 10.9 Å². The van der Waals surface area contributed by atoms with Crippen LogP contribution in [0.5, 0.6) is 0 Å². The Balaban J connectivity index is 2.93. The molecule has 0 aromatic carbocycles. The molecule has 0 saturated heterocycles. The molecule has 1 N–H and O–H groups in total. The summed E-state index contributed by atoms with van der Waals surface area (Å²) in [5, 5.41) is 0.877. The van der Waals surface area contributed by atoms with Gasteiger partial charge >= 0.3 is 0 Å². The first kappa shape index (κ1) is 3.67. The SMILES string of the molecule is [2H]c1c[nH]c2ccncc12. The molecular weight excluding hydrogens is 112 g/mol. The molecule has 0 aliphatic heterocycles. The van der Waals surface area contributed by atoms with E-state index in [2.05, 4.69) is 9.97 Å². The number of hydrogen-bond acceptors (Lipinski definition) is 1. The maximum absolute atomic E-state index is 7.37. The van der Waals surface area contributed by atoms with Crippen LogP contribution >= 0.6 is 0 Å². The van der Waals surface area contributed by atoms with Crippen molar-refractivity contribution in [3.05, 3.63) is 30.7 Å². The van der Waals surface area contributed by atoms with Crippen LogP contribution in [-0.2, 0) is 0 Å². The van der Waals surface area contributed by atoms with Crippen molar-refractivity contribution in [1.82, 2.24) is 9.97 Å². The van der Waals surface area contributed by atoms with Crippen LogP contribution in [0.1, 0.15) is 1.37 Å². The summed E-state index contributed by atoms with van der Waals surface area (Å²) in [5.41, 5.74) is 0.972. The van der Waals surface area contributed by atoms with Crippen LogP contribution in [0.4, 0.5) is 0 Å². The van der Waals surface area contributed by atoms with E-state index in [1.54, 1.807) is 18.6 Å². The van der Waals surface area contributed by atoms with Crippen LogP contribution in [0.2, 0.25) is 0 Å². The van der Waals surface area contributed by atoms with Gasteiger partial charge in [0.25, 0.3) is 0 Å². The van der Waals surface area contributed by atoms with E-state index in [4.69, 9.17) is 1.37 Å². The van der Waals surface area contributed by atoms with Gasteiger partial charge in [-0.25, -0.2) is 0 Å². The molecule has 0 bridgehead atoms. The number of nitrogens with zero attached hydrogens (tertiary/aromatic N) is 1. The molecule has 2 rings (SSSR count). The van der Waals surface area contributed by atoms with Gasteiger partial charge in [-0.3, -0.25) is 4.98 Å². The quantitative estimate of drug-likeness (QED) is 0.560. The Morgan fingerprint density at radius 3 is 3.56 bits per heavy atom. The number of fused-ring (bicyclic) bond motifs is 1. The van der Waals surface area contributed by atoms with Gasteiger partial charge in [-0.2, -0.15) is 0 Å². The van der Waals surface area contributed by atoms with Crippen LogP contribution in [0.15, 0.2) is 30.7 Å². The van der Waals surface area contributed by atoms with Crippen molar-refractivity contribution in [2.75, 3.05) is 0 Å². The first-order valence-corrected chi connectivity index (χ1v) is 2.75. The van der Waals surface area contributed by atoms with Gasteiger partial charge in [0.2, 0.25) is 0 Å². The molecule has 0 saturated carbocycles. The third-order valence-electron chi connectivity index (χ3n) is 1.28. The van der Waals surface area contributed by atoms with Crippen molar-refractivity contribution < 1.29 is 1.37 Å². The number of rotatable bonds is 0. The summed E-state index contributed by atoms with van der Waals surface area (Å²) < 4.78 is 7.37. The molecule has 2 aromatic heterocycles. The number of aromatic amines is 1. The molecule has 0 aliphatic rings. The maximum atomic E-state index is 7.37. The van der Waals surface area contributed by atoms with Gasteiger partial charge in [-0.05, 0) is 12.1 Å². The number of H-pyrrole nitrogens is 1. The Morgan fingerprint density at radius 2 is 2.67 bits per heavy atom. The van der Waals surface area contributed by atoms with E-state index >= 15 is 0 Å². The average molecular weight is 119 g/mol. The zero-order valence-electron chi connectivity index (χ0n) is 5.76. The van der Waals surface area contributed by atoms with Crippen LogP contribution < -0.4 is 0 Å². The van der Waals surface area contributed by atoms with Gasteiger partial charge in [0, 0.05) is 29.5 Å². The molecule has 0 fully saturated rings. The largest absolute Gasteiger partial charge is 0.361 e. The second kappa shape index (κ2) is 1.58. The van der Waals surface area contributed by atoms with Gasteiger partial charge in [0.05, 0.1) is 1.37 Å². The maximum Gasteiger partial charge on any atom is 0.0646 e. The zero-order chi connectivity index (χ0) is 6.97. The fourth-order valence-corrected chi connectivity index (χ4v) is 0.827. The zero-order valence-corrected chi connectivity index (χ0v) is 4.76. The molecule has 2 heterocycles. The van der Waals surface area contributed by atoms with Gasteiger partial charge in [0.1, 0.15) is 0 Å². The van der Waals surface area contributed by atoms with Crippen LogP contribution in [0.25, 0.3) is 10.9 Å². The second-order valence-electron chi connectivity index (χ2n) is 1.85. The van der Waals surface area contributed by atoms with Crippen LogP contribution in [-0.4, -0.2) is 9.97 Å². The van der Waals surface area contributed by atoms with Crippen molar-refractivity contribution >= 4 is 10.9 Å². The van der Waals surface area contributed by atoms with Gasteiger partial charge in [-0.1, -0.05) is 0 Å². The molecule has 2 nitrogen and oxygen atoms in total. The minimum Gasteiger partial charge on any atom is -0.361 e. The Bertz CT molecular complexity index is 353. The molecule has 0 amide bonds. The summed E-state index contributed by atoms with van der Waals surface area (Å²) in [6.45, 7) is 0.